The molecule has 2 rings (SSSR count). The normalized spacial score (nSPS) is 18.0. The first-order valence-corrected chi connectivity index (χ1v) is 7.87. The Morgan fingerprint density at radius 1 is 1.17 bits per heavy atom. The molecule has 1 heterocycles. The van der Waals surface area contributed by atoms with Gasteiger partial charge in [-0.15, -0.1) is 0 Å². The molecule has 8 heteroatoms. The predicted molar refractivity (Wildman–Crippen MR) is 86.9 cm³/mol. The number of carbonyl (C=O) groups excluding carboxylic acids is 1. The molecule has 0 spiro atoms. The molecule has 24 heavy (non-hydrogen) atoms. The summed E-state index contributed by atoms with van der Waals surface area (Å²) < 4.78 is 0. The van der Waals surface area contributed by atoms with E-state index >= 15 is 0 Å². The van der Waals surface area contributed by atoms with Crippen LogP contribution in [0, 0.1) is 26.1 Å². The van der Waals surface area contributed by atoms with Crippen LogP contribution < -0.4 is 0 Å². The predicted octanol–water partition coefficient (Wildman–Crippen LogP) is 2.24. The Bertz CT molecular complexity index is 610. The van der Waals surface area contributed by atoms with Gasteiger partial charge in [-0.25, -0.2) is 0 Å². The highest BCUT2D eigenvalue weighted by atomic mass is 16.7. The molecule has 0 aromatic heterocycles. The third kappa shape index (κ3) is 3.59. The van der Waals surface area contributed by atoms with E-state index in [2.05, 4.69) is 0 Å². The summed E-state index contributed by atoms with van der Waals surface area (Å²) in [5.74, 6) is 0.223. The number of nitrogens with zero attached hydrogens (tertiary/aromatic N) is 3. The fourth-order valence-electron chi connectivity index (χ4n) is 3.02. The minimum absolute atomic E-state index is 0.0547. The van der Waals surface area contributed by atoms with Crippen molar-refractivity contribution in [3.05, 3.63) is 56.1 Å². The zero-order chi connectivity index (χ0) is 17.9. The van der Waals surface area contributed by atoms with Crippen molar-refractivity contribution < 1.29 is 14.6 Å². The Kier molecular flexibility index (Phi) is 5.28. The number of nitro groups is 2. The first-order chi connectivity index (χ1) is 11.3. The lowest BCUT2D eigenvalue weighted by Gasteiger charge is -2.41. The van der Waals surface area contributed by atoms with Gasteiger partial charge < -0.3 is 0 Å². The largest absolute Gasteiger partial charge is 0.482 e. The van der Waals surface area contributed by atoms with Crippen LogP contribution in [0.3, 0.4) is 0 Å². The standard InChI is InChI=1S/C16H21N3O5/c1-12(2)8-14(9-15(20)13-6-4-3-5-7-13)17-10-16(11-17,18(21)22)19(23)24/h3-7,12,14H,8-11H2,1-2H3/t14-/m1/s1. The number of carbonyl (C=O) groups is 1. The van der Waals surface area contributed by atoms with E-state index in [0.717, 1.165) is 0 Å². The van der Waals surface area contributed by atoms with Crippen LogP contribution in [0.25, 0.3) is 0 Å². The van der Waals surface area contributed by atoms with Gasteiger partial charge in [-0.3, -0.25) is 29.9 Å². The Morgan fingerprint density at radius 2 is 1.71 bits per heavy atom. The second-order valence-electron chi connectivity index (χ2n) is 6.68. The van der Waals surface area contributed by atoms with E-state index in [4.69, 9.17) is 0 Å². The molecule has 0 unspecified atom stereocenters. The monoisotopic (exact) mass is 335 g/mol. The highest BCUT2D eigenvalue weighted by molar-refractivity contribution is 5.96. The average molecular weight is 335 g/mol. The molecule has 1 aliphatic rings. The van der Waals surface area contributed by atoms with Crippen molar-refractivity contribution in [2.45, 2.75) is 38.4 Å². The lowest BCUT2D eigenvalue weighted by molar-refractivity contribution is -0.811. The third-order valence-electron chi connectivity index (χ3n) is 4.37. The molecule has 130 valence electrons. The quantitative estimate of drug-likeness (QED) is 0.312. The number of Topliss-reactive ketones (excluding diaryl/α,β-unsaturated/α-hetero) is 1. The minimum Gasteiger partial charge on any atom is -0.294 e. The van der Waals surface area contributed by atoms with Gasteiger partial charge in [0.05, 0.1) is 0 Å². The molecule has 1 aliphatic heterocycles. The maximum Gasteiger partial charge on any atom is 0.482 e. The van der Waals surface area contributed by atoms with E-state index in [1.165, 1.54) is 0 Å². The zero-order valence-corrected chi connectivity index (χ0v) is 13.8. The molecule has 0 aliphatic carbocycles. The molecule has 1 atom stereocenters. The maximum absolute atomic E-state index is 12.4. The van der Waals surface area contributed by atoms with Crippen LogP contribution in [-0.2, 0) is 0 Å². The van der Waals surface area contributed by atoms with Crippen LogP contribution in [0.4, 0.5) is 0 Å². The van der Waals surface area contributed by atoms with E-state index in [1.807, 2.05) is 19.9 Å². The van der Waals surface area contributed by atoms with Crippen LogP contribution in [-0.4, -0.2) is 45.3 Å². The van der Waals surface area contributed by atoms with Gasteiger partial charge in [-0.2, -0.15) is 0 Å². The summed E-state index contributed by atoms with van der Waals surface area (Å²) in [6.45, 7) is 3.47. The van der Waals surface area contributed by atoms with Gasteiger partial charge in [0.1, 0.15) is 22.9 Å². The maximum atomic E-state index is 12.4. The van der Waals surface area contributed by atoms with Gasteiger partial charge in [0.25, 0.3) is 0 Å². The van der Waals surface area contributed by atoms with E-state index < -0.39 is 15.5 Å². The van der Waals surface area contributed by atoms with Crippen molar-refractivity contribution in [1.82, 2.24) is 4.90 Å². The molecule has 1 fully saturated rings. The van der Waals surface area contributed by atoms with Crippen LogP contribution in [0.1, 0.15) is 37.0 Å². The molecule has 0 amide bonds. The second kappa shape index (κ2) is 7.04. The summed E-state index contributed by atoms with van der Waals surface area (Å²) in [6, 6.07) is 8.59. The molecule has 0 N–H and O–H groups in total. The van der Waals surface area contributed by atoms with Crippen molar-refractivity contribution in [2.75, 3.05) is 13.1 Å². The molecule has 1 aromatic rings. The van der Waals surface area contributed by atoms with Gasteiger partial charge in [0, 0.05) is 18.0 Å². The number of hydrogen-bond donors (Lipinski definition) is 0. The Hall–Kier alpha value is -2.35. The highest BCUT2D eigenvalue weighted by Crippen LogP contribution is 2.31. The summed E-state index contributed by atoms with van der Waals surface area (Å²) >= 11 is 0. The summed E-state index contributed by atoms with van der Waals surface area (Å²) in [5, 5.41) is 22.1. The van der Waals surface area contributed by atoms with Crippen LogP contribution in [0.2, 0.25) is 0 Å². The molecule has 0 saturated carbocycles. The average Bonchev–Trinajstić information content (AvgIpc) is 2.45. The summed E-state index contributed by atoms with van der Waals surface area (Å²) in [4.78, 5) is 34.6. The van der Waals surface area contributed by atoms with E-state index in [9.17, 15) is 25.0 Å². The van der Waals surface area contributed by atoms with Gasteiger partial charge in [-0.05, 0) is 12.3 Å². The zero-order valence-electron chi connectivity index (χ0n) is 13.8. The Morgan fingerprint density at radius 3 is 2.17 bits per heavy atom. The van der Waals surface area contributed by atoms with Crippen molar-refractivity contribution in [1.29, 1.82) is 0 Å². The van der Waals surface area contributed by atoms with Crippen LogP contribution in [0.5, 0.6) is 0 Å². The van der Waals surface area contributed by atoms with Crippen molar-refractivity contribution in [3.63, 3.8) is 0 Å². The molecular formula is C16H21N3O5. The van der Waals surface area contributed by atoms with Crippen molar-refractivity contribution in [2.24, 2.45) is 5.92 Å². The molecule has 1 saturated heterocycles. The Labute approximate surface area is 139 Å². The SMILES string of the molecule is CC(C)C[C@H](CC(=O)c1ccccc1)N1CC([N+](=O)[O-])([N+](=O)[O-])C1. The molecule has 0 radical (unpaired) electrons. The first kappa shape index (κ1) is 18.0. The number of hydrogen-bond acceptors (Lipinski definition) is 6. The first-order valence-electron chi connectivity index (χ1n) is 7.87. The topological polar surface area (TPSA) is 107 Å². The number of rotatable bonds is 8. The second-order valence-corrected chi connectivity index (χ2v) is 6.68. The fraction of sp³-hybridized carbons (Fsp3) is 0.562. The van der Waals surface area contributed by atoms with Gasteiger partial charge in [-0.1, -0.05) is 44.2 Å². The van der Waals surface area contributed by atoms with Crippen LogP contribution in [0.15, 0.2) is 30.3 Å². The van der Waals surface area contributed by atoms with Crippen LogP contribution >= 0.6 is 0 Å². The summed E-state index contributed by atoms with van der Waals surface area (Å²) in [5.41, 5.74) is -1.55. The van der Waals surface area contributed by atoms with Gasteiger partial charge in [0.15, 0.2) is 5.78 Å². The van der Waals surface area contributed by atoms with E-state index in [1.54, 1.807) is 29.2 Å². The summed E-state index contributed by atoms with van der Waals surface area (Å²) in [6.07, 6.45) is 0.859. The lowest BCUT2D eigenvalue weighted by Crippen LogP contribution is -2.72. The highest BCUT2D eigenvalue weighted by Gasteiger charge is 2.67. The third-order valence-corrected chi connectivity index (χ3v) is 4.37. The minimum atomic E-state index is -2.13. The smallest absolute Gasteiger partial charge is 0.294 e. The van der Waals surface area contributed by atoms with E-state index in [0.29, 0.717) is 12.0 Å². The van der Waals surface area contributed by atoms with Crippen molar-refractivity contribution >= 4 is 5.78 Å². The molecule has 0 bridgehead atoms. The molecule has 1 aromatic carbocycles. The Balaban J connectivity index is 2.09. The molecule has 8 nitrogen and oxygen atoms in total. The number of ketones is 1. The number of likely N-dealkylation sites (tertiary alicyclic amines) is 1. The van der Waals surface area contributed by atoms with Crippen molar-refractivity contribution in [3.8, 4) is 0 Å². The summed E-state index contributed by atoms with van der Waals surface area (Å²) in [7, 11) is 0. The molecular weight excluding hydrogens is 314 g/mol. The number of benzene rings is 1. The van der Waals surface area contributed by atoms with E-state index in [-0.39, 0.29) is 37.3 Å². The van der Waals surface area contributed by atoms with Gasteiger partial charge >= 0.3 is 5.66 Å². The van der Waals surface area contributed by atoms with Gasteiger partial charge in [0.2, 0.25) is 0 Å². The lowest BCUT2D eigenvalue weighted by atomic mass is 9.90. The fourth-order valence-corrected chi connectivity index (χ4v) is 3.02.